The van der Waals surface area contributed by atoms with Crippen LogP contribution in [0.15, 0.2) is 0 Å². The molecule has 0 aliphatic carbocycles. The fourth-order valence-electron chi connectivity index (χ4n) is 1.97. The lowest BCUT2D eigenvalue weighted by atomic mass is 10.3. The molecule has 0 spiro atoms. The van der Waals surface area contributed by atoms with Gasteiger partial charge in [-0.1, -0.05) is 13.8 Å². The van der Waals surface area contributed by atoms with Gasteiger partial charge in [-0.15, -0.1) is 0 Å². The van der Waals surface area contributed by atoms with E-state index in [-0.39, 0.29) is 12.1 Å². The summed E-state index contributed by atoms with van der Waals surface area (Å²) in [6.07, 6.45) is 1.38. The quantitative estimate of drug-likeness (QED) is 0.698. The molecular weight excluding hydrogens is 190 g/mol. The highest BCUT2D eigenvalue weighted by molar-refractivity contribution is 5.80. The molecule has 1 saturated heterocycles. The van der Waals surface area contributed by atoms with E-state index >= 15 is 0 Å². The van der Waals surface area contributed by atoms with E-state index in [0.29, 0.717) is 6.54 Å². The third-order valence-corrected chi connectivity index (χ3v) is 2.98. The molecule has 0 saturated carbocycles. The Bertz CT molecular complexity index is 208. The summed E-state index contributed by atoms with van der Waals surface area (Å²) < 4.78 is 0. The van der Waals surface area contributed by atoms with Crippen molar-refractivity contribution in [2.75, 3.05) is 32.7 Å². The lowest BCUT2D eigenvalue weighted by Crippen LogP contribution is -2.41. The van der Waals surface area contributed by atoms with E-state index < -0.39 is 0 Å². The van der Waals surface area contributed by atoms with Gasteiger partial charge in [0, 0.05) is 13.1 Å². The third kappa shape index (κ3) is 3.47. The van der Waals surface area contributed by atoms with E-state index in [9.17, 15) is 4.79 Å². The second-order valence-corrected chi connectivity index (χ2v) is 4.08. The lowest BCUT2D eigenvalue weighted by molar-refractivity contribution is -0.127. The van der Waals surface area contributed by atoms with Crippen LogP contribution in [-0.2, 0) is 4.79 Å². The van der Waals surface area contributed by atoms with E-state index in [1.54, 1.807) is 0 Å². The van der Waals surface area contributed by atoms with Crippen LogP contribution in [0.3, 0.4) is 0 Å². The topological polar surface area (TPSA) is 35.6 Å². The van der Waals surface area contributed by atoms with E-state index in [2.05, 4.69) is 24.1 Å². The minimum atomic E-state index is 0.206. The van der Waals surface area contributed by atoms with Crippen LogP contribution in [0.2, 0.25) is 0 Å². The zero-order valence-corrected chi connectivity index (χ0v) is 10.1. The molecule has 1 heterocycles. The Hall–Kier alpha value is -0.610. The Morgan fingerprint density at radius 3 is 2.67 bits per heavy atom. The van der Waals surface area contributed by atoms with Crippen LogP contribution in [-0.4, -0.2) is 54.6 Å². The minimum absolute atomic E-state index is 0.206. The number of hydrogen-bond donors (Lipinski definition) is 1. The molecule has 1 N–H and O–H groups in total. The average molecular weight is 213 g/mol. The number of carbonyl (C=O) groups is 1. The van der Waals surface area contributed by atoms with E-state index in [1.165, 1.54) is 6.42 Å². The minimum Gasteiger partial charge on any atom is -0.325 e. The Morgan fingerprint density at radius 2 is 2.20 bits per heavy atom. The summed E-state index contributed by atoms with van der Waals surface area (Å²) in [4.78, 5) is 15.8. The van der Waals surface area contributed by atoms with Gasteiger partial charge in [-0.3, -0.25) is 10.1 Å². The number of nitrogens with zero attached hydrogens (tertiary/aromatic N) is 2. The maximum atomic E-state index is 11.5. The van der Waals surface area contributed by atoms with Crippen molar-refractivity contribution >= 4 is 5.91 Å². The molecule has 1 aliphatic rings. The van der Waals surface area contributed by atoms with Gasteiger partial charge in [0.05, 0.1) is 12.7 Å². The monoisotopic (exact) mass is 213 g/mol. The van der Waals surface area contributed by atoms with Crippen LogP contribution in [0.5, 0.6) is 0 Å². The number of nitrogens with one attached hydrogen (secondary N) is 1. The molecule has 88 valence electrons. The molecule has 0 radical (unpaired) electrons. The molecule has 0 aromatic heterocycles. The molecule has 4 heteroatoms. The van der Waals surface area contributed by atoms with Gasteiger partial charge in [-0.25, -0.2) is 0 Å². The van der Waals surface area contributed by atoms with Crippen molar-refractivity contribution in [3.8, 4) is 0 Å². The first-order valence-electron chi connectivity index (χ1n) is 5.94. The number of amides is 1. The van der Waals surface area contributed by atoms with Gasteiger partial charge in [-0.2, -0.15) is 0 Å². The second kappa shape index (κ2) is 6.08. The molecule has 1 atom stereocenters. The molecule has 0 aromatic rings. The maximum absolute atomic E-state index is 11.5. The molecule has 1 amide bonds. The van der Waals surface area contributed by atoms with E-state index in [4.69, 9.17) is 0 Å². The smallest absolute Gasteiger partial charge is 0.237 e. The summed E-state index contributed by atoms with van der Waals surface area (Å²) in [6.45, 7) is 10.9. The van der Waals surface area contributed by atoms with Gasteiger partial charge in [0.25, 0.3) is 0 Å². The molecule has 1 unspecified atom stereocenters. The fourth-order valence-corrected chi connectivity index (χ4v) is 1.97. The summed E-state index contributed by atoms with van der Waals surface area (Å²) in [5.41, 5.74) is 0. The highest BCUT2D eigenvalue weighted by atomic mass is 16.2. The van der Waals surface area contributed by atoms with Crippen molar-refractivity contribution < 1.29 is 4.79 Å². The SMILES string of the molecule is CCCN(CC)CCN1C(=O)CNC1C. The van der Waals surface area contributed by atoms with Crippen LogP contribution < -0.4 is 5.32 Å². The summed E-state index contributed by atoms with van der Waals surface area (Å²) in [6, 6.07) is 0. The standard InChI is InChI=1S/C11H23N3O/c1-4-6-13(5-2)7-8-14-10(3)12-9-11(14)15/h10,12H,4-9H2,1-3H3. The highest BCUT2D eigenvalue weighted by Gasteiger charge is 2.26. The van der Waals surface area contributed by atoms with Crippen molar-refractivity contribution in [1.82, 2.24) is 15.1 Å². The molecule has 15 heavy (non-hydrogen) atoms. The molecule has 1 rings (SSSR count). The number of likely N-dealkylation sites (N-methyl/N-ethyl adjacent to an activating group) is 1. The Morgan fingerprint density at radius 1 is 1.47 bits per heavy atom. The largest absolute Gasteiger partial charge is 0.325 e. The van der Waals surface area contributed by atoms with Crippen molar-refractivity contribution in [2.45, 2.75) is 33.4 Å². The maximum Gasteiger partial charge on any atom is 0.237 e. The Kier molecular flexibility index (Phi) is 5.05. The summed E-state index contributed by atoms with van der Waals surface area (Å²) in [5, 5.41) is 3.15. The molecule has 1 aliphatic heterocycles. The van der Waals surface area contributed by atoms with Crippen molar-refractivity contribution in [2.24, 2.45) is 0 Å². The zero-order chi connectivity index (χ0) is 11.3. The van der Waals surface area contributed by atoms with Crippen LogP contribution in [0.4, 0.5) is 0 Å². The summed E-state index contributed by atoms with van der Waals surface area (Å²) in [7, 11) is 0. The average Bonchev–Trinajstić information content (AvgIpc) is 2.54. The van der Waals surface area contributed by atoms with Gasteiger partial charge in [0.15, 0.2) is 0 Å². The van der Waals surface area contributed by atoms with Gasteiger partial charge in [0.2, 0.25) is 5.91 Å². The predicted octanol–water partition coefficient (Wildman–Crippen LogP) is 0.496. The first-order chi connectivity index (χ1) is 7.19. The van der Waals surface area contributed by atoms with Crippen molar-refractivity contribution in [3.05, 3.63) is 0 Å². The van der Waals surface area contributed by atoms with Gasteiger partial charge >= 0.3 is 0 Å². The van der Waals surface area contributed by atoms with Gasteiger partial charge < -0.3 is 9.80 Å². The summed E-state index contributed by atoms with van der Waals surface area (Å²) in [5.74, 6) is 0.232. The van der Waals surface area contributed by atoms with Crippen LogP contribution >= 0.6 is 0 Å². The Balaban J connectivity index is 2.31. The molecule has 4 nitrogen and oxygen atoms in total. The first-order valence-corrected chi connectivity index (χ1v) is 5.94. The van der Waals surface area contributed by atoms with E-state index in [1.807, 2.05) is 11.8 Å². The van der Waals surface area contributed by atoms with Crippen LogP contribution in [0.1, 0.15) is 27.2 Å². The normalized spacial score (nSPS) is 21.7. The summed E-state index contributed by atoms with van der Waals surface area (Å²) >= 11 is 0. The highest BCUT2D eigenvalue weighted by Crippen LogP contribution is 2.04. The fraction of sp³-hybridized carbons (Fsp3) is 0.909. The lowest BCUT2D eigenvalue weighted by Gasteiger charge is -2.26. The molecular formula is C11H23N3O. The predicted molar refractivity (Wildman–Crippen MR) is 61.6 cm³/mol. The van der Waals surface area contributed by atoms with Crippen molar-refractivity contribution in [3.63, 3.8) is 0 Å². The van der Waals surface area contributed by atoms with Gasteiger partial charge in [-0.05, 0) is 26.4 Å². The first kappa shape index (κ1) is 12.5. The number of hydrogen-bond acceptors (Lipinski definition) is 3. The van der Waals surface area contributed by atoms with Crippen LogP contribution in [0, 0.1) is 0 Å². The Labute approximate surface area is 92.6 Å². The van der Waals surface area contributed by atoms with Gasteiger partial charge in [0.1, 0.15) is 0 Å². The molecule has 0 aromatic carbocycles. The third-order valence-electron chi connectivity index (χ3n) is 2.98. The van der Waals surface area contributed by atoms with Crippen LogP contribution in [0.25, 0.3) is 0 Å². The molecule has 0 bridgehead atoms. The molecule has 1 fully saturated rings. The zero-order valence-electron chi connectivity index (χ0n) is 10.1. The number of carbonyl (C=O) groups excluding carboxylic acids is 1. The van der Waals surface area contributed by atoms with Crippen molar-refractivity contribution in [1.29, 1.82) is 0 Å². The van der Waals surface area contributed by atoms with E-state index in [0.717, 1.165) is 26.2 Å². The second-order valence-electron chi connectivity index (χ2n) is 4.08. The number of rotatable bonds is 6.